The van der Waals surface area contributed by atoms with Crippen LogP contribution in [0.2, 0.25) is 0 Å². The average Bonchev–Trinajstić information content (AvgIpc) is 3.32. The number of carbonyl (C=O) groups excluding carboxylic acids is 2. The van der Waals surface area contributed by atoms with Crippen LogP contribution in [-0.4, -0.2) is 49.2 Å². The number of nitrogens with one attached hydrogen (secondary N) is 2. The van der Waals surface area contributed by atoms with Crippen LogP contribution in [0.1, 0.15) is 16.2 Å². The van der Waals surface area contributed by atoms with Gasteiger partial charge >= 0.3 is 5.97 Å². The first-order valence-electron chi connectivity index (χ1n) is 8.74. The molecular weight excluding hydrogens is 374 g/mol. The number of methoxy groups -OCH3 is 1. The smallest absolute Gasteiger partial charge is 0.337 e. The van der Waals surface area contributed by atoms with Gasteiger partial charge in [0.1, 0.15) is 12.4 Å². The van der Waals surface area contributed by atoms with Crippen molar-refractivity contribution in [3.05, 3.63) is 53.9 Å². The van der Waals surface area contributed by atoms with Gasteiger partial charge in [0.25, 0.3) is 0 Å². The van der Waals surface area contributed by atoms with Crippen LogP contribution in [-0.2, 0) is 16.1 Å². The molecule has 10 heteroatoms. The summed E-state index contributed by atoms with van der Waals surface area (Å²) in [4.78, 5) is 32.6. The van der Waals surface area contributed by atoms with Crippen LogP contribution >= 0.6 is 0 Å². The number of hydrogen-bond donors (Lipinski definition) is 2. The normalized spacial score (nSPS) is 10.8. The van der Waals surface area contributed by atoms with E-state index in [0.717, 1.165) is 22.4 Å². The molecule has 4 aromatic rings. The molecule has 29 heavy (non-hydrogen) atoms. The number of rotatable bonds is 5. The van der Waals surface area contributed by atoms with E-state index in [4.69, 9.17) is 0 Å². The van der Waals surface area contributed by atoms with Crippen molar-refractivity contribution in [2.24, 2.45) is 0 Å². The number of H-pyrrole nitrogens is 1. The number of esters is 1. The highest BCUT2D eigenvalue weighted by molar-refractivity contribution is 5.94. The maximum absolute atomic E-state index is 12.3. The van der Waals surface area contributed by atoms with Crippen molar-refractivity contribution in [2.45, 2.75) is 13.5 Å². The molecule has 0 spiro atoms. The summed E-state index contributed by atoms with van der Waals surface area (Å²) in [6, 6.07) is 12.1. The molecule has 0 saturated heterocycles. The lowest BCUT2D eigenvalue weighted by Crippen LogP contribution is -2.20. The molecule has 2 heterocycles. The number of benzene rings is 2. The van der Waals surface area contributed by atoms with Crippen molar-refractivity contribution in [2.75, 3.05) is 12.4 Å². The number of fused-ring (bicyclic) bond motifs is 1. The van der Waals surface area contributed by atoms with E-state index < -0.39 is 5.97 Å². The molecule has 2 aromatic heterocycles. The molecule has 146 valence electrons. The second kappa shape index (κ2) is 7.50. The summed E-state index contributed by atoms with van der Waals surface area (Å²) in [7, 11) is 1.30. The Balaban J connectivity index is 1.45. The Labute approximate surface area is 164 Å². The molecule has 0 aliphatic carbocycles. The van der Waals surface area contributed by atoms with E-state index in [0.29, 0.717) is 17.1 Å². The summed E-state index contributed by atoms with van der Waals surface area (Å²) >= 11 is 0. The number of aryl methyl sites for hydroxylation is 1. The Bertz CT molecular complexity index is 1210. The predicted molar refractivity (Wildman–Crippen MR) is 104 cm³/mol. The highest BCUT2D eigenvalue weighted by Gasteiger charge is 2.12. The number of amides is 1. The van der Waals surface area contributed by atoms with Gasteiger partial charge in [0.15, 0.2) is 0 Å². The molecule has 1 amide bonds. The van der Waals surface area contributed by atoms with Crippen LogP contribution in [0.15, 0.2) is 42.5 Å². The van der Waals surface area contributed by atoms with Crippen LogP contribution in [0, 0.1) is 6.92 Å². The highest BCUT2D eigenvalue weighted by Crippen LogP contribution is 2.20. The number of anilines is 1. The van der Waals surface area contributed by atoms with Crippen molar-refractivity contribution in [1.29, 1.82) is 0 Å². The van der Waals surface area contributed by atoms with Gasteiger partial charge in [-0.05, 0) is 48.5 Å². The minimum absolute atomic E-state index is 0.124. The Hall–Kier alpha value is -4.08. The predicted octanol–water partition coefficient (Wildman–Crippen LogP) is 1.95. The molecule has 0 fully saturated rings. The fraction of sp³-hybridized carbons (Fsp3) is 0.158. The molecule has 2 aromatic carbocycles. The monoisotopic (exact) mass is 391 g/mol. The third-order valence-corrected chi connectivity index (χ3v) is 4.16. The number of ether oxygens (including phenoxy) is 1. The maximum atomic E-state index is 12.3. The summed E-state index contributed by atoms with van der Waals surface area (Å²) in [5.74, 6) is 0.394. The number of tetrazole rings is 1. The lowest BCUT2D eigenvalue weighted by molar-refractivity contribution is -0.117. The molecule has 0 bridgehead atoms. The van der Waals surface area contributed by atoms with Gasteiger partial charge in [0.2, 0.25) is 11.7 Å². The van der Waals surface area contributed by atoms with Crippen molar-refractivity contribution >= 4 is 28.6 Å². The summed E-state index contributed by atoms with van der Waals surface area (Å²) < 4.78 is 4.67. The van der Waals surface area contributed by atoms with E-state index in [1.54, 1.807) is 18.2 Å². The molecular formula is C19H17N7O3. The van der Waals surface area contributed by atoms with Gasteiger partial charge in [-0.3, -0.25) is 4.79 Å². The molecule has 10 nitrogen and oxygen atoms in total. The van der Waals surface area contributed by atoms with Gasteiger partial charge in [-0.25, -0.2) is 9.78 Å². The summed E-state index contributed by atoms with van der Waals surface area (Å²) in [6.45, 7) is 1.76. The van der Waals surface area contributed by atoms with Crippen molar-refractivity contribution in [3.63, 3.8) is 0 Å². The zero-order valence-corrected chi connectivity index (χ0v) is 15.7. The zero-order chi connectivity index (χ0) is 20.4. The van der Waals surface area contributed by atoms with Crippen LogP contribution in [0.3, 0.4) is 0 Å². The zero-order valence-electron chi connectivity index (χ0n) is 15.7. The van der Waals surface area contributed by atoms with Gasteiger partial charge in [-0.15, -0.1) is 10.2 Å². The van der Waals surface area contributed by atoms with Crippen LogP contribution in [0.4, 0.5) is 5.69 Å². The van der Waals surface area contributed by atoms with E-state index in [1.165, 1.54) is 18.0 Å². The second-order valence-corrected chi connectivity index (χ2v) is 6.32. The topological polar surface area (TPSA) is 128 Å². The van der Waals surface area contributed by atoms with E-state index >= 15 is 0 Å². The number of carbonyl (C=O) groups is 2. The lowest BCUT2D eigenvalue weighted by atomic mass is 10.2. The third-order valence-electron chi connectivity index (χ3n) is 4.16. The van der Waals surface area contributed by atoms with E-state index in [2.05, 4.69) is 35.4 Å². The first kappa shape index (κ1) is 18.3. The van der Waals surface area contributed by atoms with Gasteiger partial charge in [0.05, 0.1) is 23.7 Å². The Morgan fingerprint density at radius 1 is 1.21 bits per heavy atom. The van der Waals surface area contributed by atoms with Crippen molar-refractivity contribution in [3.8, 4) is 11.4 Å². The number of nitrogens with zero attached hydrogens (tertiary/aromatic N) is 5. The van der Waals surface area contributed by atoms with E-state index in [-0.39, 0.29) is 12.5 Å². The molecule has 0 saturated carbocycles. The Kier molecular flexibility index (Phi) is 4.73. The number of aromatic nitrogens is 6. The Morgan fingerprint density at radius 3 is 2.90 bits per heavy atom. The standard InChI is InChI=1S/C19H17N7O3/c1-11-20-15-7-6-12(9-16(15)21-11)18-23-25-26(24-18)10-17(27)22-14-5-3-4-13(8-14)19(28)29-2/h3-9H,10H2,1-2H3,(H,20,21)(H,22,27). The number of imidazole rings is 1. The van der Waals surface area contributed by atoms with Crippen molar-refractivity contribution < 1.29 is 14.3 Å². The van der Waals surface area contributed by atoms with Crippen LogP contribution < -0.4 is 5.32 Å². The Morgan fingerprint density at radius 2 is 2.07 bits per heavy atom. The summed E-state index contributed by atoms with van der Waals surface area (Å²) in [5.41, 5.74) is 3.31. The van der Waals surface area contributed by atoms with E-state index in [9.17, 15) is 9.59 Å². The molecule has 0 unspecified atom stereocenters. The minimum atomic E-state index is -0.479. The molecule has 4 rings (SSSR count). The molecule has 0 aliphatic rings. The number of hydrogen-bond acceptors (Lipinski definition) is 7. The molecule has 0 radical (unpaired) electrons. The van der Waals surface area contributed by atoms with Crippen LogP contribution in [0.25, 0.3) is 22.4 Å². The first-order chi connectivity index (χ1) is 14.0. The summed E-state index contributed by atoms with van der Waals surface area (Å²) in [6.07, 6.45) is 0. The fourth-order valence-corrected chi connectivity index (χ4v) is 2.87. The molecule has 0 aliphatic heterocycles. The number of aromatic amines is 1. The van der Waals surface area contributed by atoms with Crippen molar-refractivity contribution in [1.82, 2.24) is 30.2 Å². The average molecular weight is 391 g/mol. The minimum Gasteiger partial charge on any atom is -0.465 e. The SMILES string of the molecule is COC(=O)c1cccc(NC(=O)Cn2nnc(-c3ccc4nc(C)[nH]c4c3)n2)c1. The van der Waals surface area contributed by atoms with Gasteiger partial charge in [-0.2, -0.15) is 4.80 Å². The maximum Gasteiger partial charge on any atom is 0.337 e. The van der Waals surface area contributed by atoms with Gasteiger partial charge in [0, 0.05) is 11.3 Å². The van der Waals surface area contributed by atoms with E-state index in [1.807, 2.05) is 25.1 Å². The lowest BCUT2D eigenvalue weighted by Gasteiger charge is -2.06. The summed E-state index contributed by atoms with van der Waals surface area (Å²) in [5, 5.41) is 14.9. The van der Waals surface area contributed by atoms with Crippen LogP contribution in [0.5, 0.6) is 0 Å². The van der Waals surface area contributed by atoms with Gasteiger partial charge < -0.3 is 15.0 Å². The largest absolute Gasteiger partial charge is 0.465 e. The first-order valence-corrected chi connectivity index (χ1v) is 8.74. The highest BCUT2D eigenvalue weighted by atomic mass is 16.5. The fourth-order valence-electron chi connectivity index (χ4n) is 2.87. The third kappa shape index (κ3) is 3.95. The van der Waals surface area contributed by atoms with Gasteiger partial charge in [-0.1, -0.05) is 6.07 Å². The second-order valence-electron chi connectivity index (χ2n) is 6.32. The quantitative estimate of drug-likeness (QED) is 0.498. The molecule has 2 N–H and O–H groups in total. The molecule has 0 atom stereocenters.